The summed E-state index contributed by atoms with van der Waals surface area (Å²) in [5.74, 6) is 0.485. The maximum Gasteiger partial charge on any atom is 0.110 e. The van der Waals surface area contributed by atoms with Gasteiger partial charge in [-0.2, -0.15) is 0 Å². The van der Waals surface area contributed by atoms with Crippen LogP contribution in [-0.2, 0) is 7.05 Å². The van der Waals surface area contributed by atoms with Crippen LogP contribution in [0.4, 0.5) is 0 Å². The molecule has 0 amide bonds. The lowest BCUT2D eigenvalue weighted by molar-refractivity contribution is 0.118. The fraction of sp³-hybridized carbons (Fsp3) is 0.632. The number of rotatable bonds is 3. The number of hydrogen-bond donors (Lipinski definition) is 0. The average molecular weight is 325 g/mol. The zero-order valence-electron chi connectivity index (χ0n) is 14.6. The van der Waals surface area contributed by atoms with Gasteiger partial charge in [0.25, 0.3) is 0 Å². The van der Waals surface area contributed by atoms with Crippen LogP contribution in [0.3, 0.4) is 0 Å². The second-order valence-electron chi connectivity index (χ2n) is 7.31. The lowest BCUT2D eigenvalue weighted by Crippen LogP contribution is -2.43. The summed E-state index contributed by atoms with van der Waals surface area (Å²) >= 11 is 0. The Labute approximate surface area is 144 Å². The van der Waals surface area contributed by atoms with Crippen LogP contribution in [-0.4, -0.2) is 43.6 Å². The first-order valence-corrected chi connectivity index (χ1v) is 9.34. The lowest BCUT2D eigenvalue weighted by Gasteiger charge is -2.40. The van der Waals surface area contributed by atoms with Crippen LogP contribution in [0.25, 0.3) is 11.4 Å². The Morgan fingerprint density at radius 1 is 1.00 bits per heavy atom. The maximum absolute atomic E-state index is 4.75. The molecular formula is C19H27N5. The standard InChI is InChI=1S/C19H27N5/c1-23-14-20-12-17(23)19-18(21-9-10-22-19)15-6-5-11-24(13-15)16-7-3-2-4-8-16/h9-10,12,14-16H,2-8,11,13H2,1H3. The van der Waals surface area contributed by atoms with Gasteiger partial charge in [0, 0.05) is 37.9 Å². The predicted octanol–water partition coefficient (Wildman–Crippen LogP) is 3.39. The molecule has 2 aromatic rings. The van der Waals surface area contributed by atoms with E-state index in [0.717, 1.165) is 29.7 Å². The van der Waals surface area contributed by atoms with Crippen molar-refractivity contribution in [3.63, 3.8) is 0 Å². The van der Waals surface area contributed by atoms with Crippen LogP contribution in [0.2, 0.25) is 0 Å². The van der Waals surface area contributed by atoms with Crippen molar-refractivity contribution in [2.75, 3.05) is 13.1 Å². The van der Waals surface area contributed by atoms with E-state index in [4.69, 9.17) is 4.98 Å². The highest BCUT2D eigenvalue weighted by Gasteiger charge is 2.30. The van der Waals surface area contributed by atoms with Crippen molar-refractivity contribution in [1.29, 1.82) is 0 Å². The Bertz CT molecular complexity index is 674. The minimum Gasteiger partial charge on any atom is -0.332 e. The van der Waals surface area contributed by atoms with Crippen molar-refractivity contribution in [3.8, 4) is 11.4 Å². The largest absolute Gasteiger partial charge is 0.332 e. The smallest absolute Gasteiger partial charge is 0.110 e. The molecule has 24 heavy (non-hydrogen) atoms. The van der Waals surface area contributed by atoms with E-state index >= 15 is 0 Å². The summed E-state index contributed by atoms with van der Waals surface area (Å²) in [4.78, 5) is 16.4. The lowest BCUT2D eigenvalue weighted by atomic mass is 9.88. The van der Waals surface area contributed by atoms with Crippen LogP contribution in [0.5, 0.6) is 0 Å². The zero-order chi connectivity index (χ0) is 16.4. The highest BCUT2D eigenvalue weighted by Crippen LogP contribution is 2.34. The first-order chi connectivity index (χ1) is 11.8. The molecule has 128 valence electrons. The molecule has 0 spiro atoms. The third-order valence-corrected chi connectivity index (χ3v) is 5.72. The molecule has 1 atom stereocenters. The number of hydrogen-bond acceptors (Lipinski definition) is 4. The minimum absolute atomic E-state index is 0.485. The Morgan fingerprint density at radius 3 is 2.62 bits per heavy atom. The molecule has 5 heteroatoms. The Kier molecular flexibility index (Phi) is 4.60. The molecular weight excluding hydrogens is 298 g/mol. The fourth-order valence-electron chi connectivity index (χ4n) is 4.44. The topological polar surface area (TPSA) is 46.8 Å². The summed E-state index contributed by atoms with van der Waals surface area (Å²) in [6.45, 7) is 2.39. The molecule has 2 fully saturated rings. The Balaban J connectivity index is 1.58. The molecule has 1 aliphatic carbocycles. The van der Waals surface area contributed by atoms with Crippen molar-refractivity contribution < 1.29 is 0 Å². The Hall–Kier alpha value is -1.75. The SMILES string of the molecule is Cn1cncc1-c1nccnc1C1CCCN(C2CCCCC2)C1. The van der Waals surface area contributed by atoms with E-state index in [0.29, 0.717) is 5.92 Å². The molecule has 3 heterocycles. The second kappa shape index (κ2) is 7.01. The van der Waals surface area contributed by atoms with Crippen LogP contribution >= 0.6 is 0 Å². The summed E-state index contributed by atoms with van der Waals surface area (Å²) < 4.78 is 2.04. The number of aryl methyl sites for hydroxylation is 1. The monoisotopic (exact) mass is 325 g/mol. The van der Waals surface area contributed by atoms with Crippen LogP contribution in [0, 0.1) is 0 Å². The highest BCUT2D eigenvalue weighted by atomic mass is 15.2. The number of aromatic nitrogens is 4. The summed E-state index contributed by atoms with van der Waals surface area (Å²) in [6, 6.07) is 0.790. The molecule has 1 saturated heterocycles. The number of likely N-dealkylation sites (tertiary alicyclic amines) is 1. The average Bonchev–Trinajstić information content (AvgIpc) is 3.08. The van der Waals surface area contributed by atoms with Crippen molar-refractivity contribution in [1.82, 2.24) is 24.4 Å². The van der Waals surface area contributed by atoms with Gasteiger partial charge in [-0.05, 0) is 32.2 Å². The molecule has 1 aliphatic heterocycles. The van der Waals surface area contributed by atoms with Crippen molar-refractivity contribution >= 4 is 0 Å². The van der Waals surface area contributed by atoms with E-state index in [1.807, 2.05) is 30.3 Å². The number of nitrogens with zero attached hydrogens (tertiary/aromatic N) is 5. The van der Waals surface area contributed by atoms with Crippen LogP contribution < -0.4 is 0 Å². The van der Waals surface area contributed by atoms with Crippen LogP contribution in [0.1, 0.15) is 56.6 Å². The number of piperidine rings is 1. The molecule has 0 bridgehead atoms. The molecule has 1 unspecified atom stereocenters. The van der Waals surface area contributed by atoms with E-state index in [2.05, 4.69) is 14.9 Å². The normalized spacial score (nSPS) is 23.5. The van der Waals surface area contributed by atoms with Gasteiger partial charge in [0.1, 0.15) is 5.69 Å². The van der Waals surface area contributed by atoms with Crippen molar-refractivity contribution in [2.45, 2.75) is 56.9 Å². The first-order valence-electron chi connectivity index (χ1n) is 9.34. The van der Waals surface area contributed by atoms with Gasteiger partial charge in [-0.3, -0.25) is 14.9 Å². The molecule has 0 N–H and O–H groups in total. The third-order valence-electron chi connectivity index (χ3n) is 5.72. The van der Waals surface area contributed by atoms with Gasteiger partial charge < -0.3 is 4.57 Å². The Morgan fingerprint density at radius 2 is 1.83 bits per heavy atom. The second-order valence-corrected chi connectivity index (χ2v) is 7.31. The fourth-order valence-corrected chi connectivity index (χ4v) is 4.44. The summed E-state index contributed by atoms with van der Waals surface area (Å²) in [5, 5.41) is 0. The van der Waals surface area contributed by atoms with Crippen molar-refractivity contribution in [2.24, 2.45) is 7.05 Å². The van der Waals surface area contributed by atoms with E-state index in [1.165, 1.54) is 51.5 Å². The quantitative estimate of drug-likeness (QED) is 0.868. The van der Waals surface area contributed by atoms with Gasteiger partial charge in [-0.15, -0.1) is 0 Å². The highest BCUT2D eigenvalue weighted by molar-refractivity contribution is 5.57. The molecule has 4 rings (SSSR count). The third kappa shape index (κ3) is 3.09. The molecule has 2 aromatic heterocycles. The predicted molar refractivity (Wildman–Crippen MR) is 94.7 cm³/mol. The number of imidazole rings is 1. The molecule has 0 aromatic carbocycles. The molecule has 5 nitrogen and oxygen atoms in total. The van der Waals surface area contributed by atoms with Crippen molar-refractivity contribution in [3.05, 3.63) is 30.6 Å². The molecule has 0 radical (unpaired) electrons. The van der Waals surface area contributed by atoms with Gasteiger partial charge in [0.15, 0.2) is 0 Å². The van der Waals surface area contributed by atoms with Gasteiger partial charge in [-0.25, -0.2) is 4.98 Å². The van der Waals surface area contributed by atoms with Crippen LogP contribution in [0.15, 0.2) is 24.9 Å². The zero-order valence-corrected chi connectivity index (χ0v) is 14.6. The van der Waals surface area contributed by atoms with Gasteiger partial charge in [0.2, 0.25) is 0 Å². The van der Waals surface area contributed by atoms with E-state index < -0.39 is 0 Å². The molecule has 2 aliphatic rings. The molecule has 1 saturated carbocycles. The van der Waals surface area contributed by atoms with Gasteiger partial charge in [0.05, 0.1) is 23.9 Å². The summed E-state index contributed by atoms with van der Waals surface area (Å²) in [7, 11) is 2.02. The summed E-state index contributed by atoms with van der Waals surface area (Å²) in [5.41, 5.74) is 3.22. The van der Waals surface area contributed by atoms with E-state index in [1.54, 1.807) is 6.20 Å². The van der Waals surface area contributed by atoms with E-state index in [-0.39, 0.29) is 0 Å². The minimum atomic E-state index is 0.485. The first kappa shape index (κ1) is 15.8. The van der Waals surface area contributed by atoms with Gasteiger partial charge >= 0.3 is 0 Å². The maximum atomic E-state index is 4.75. The van der Waals surface area contributed by atoms with Gasteiger partial charge in [-0.1, -0.05) is 19.3 Å². The van der Waals surface area contributed by atoms with E-state index in [9.17, 15) is 0 Å². The summed E-state index contributed by atoms with van der Waals surface area (Å²) in [6.07, 6.45) is 16.8.